The van der Waals surface area contributed by atoms with Crippen molar-refractivity contribution in [1.29, 1.82) is 0 Å². The molecule has 0 radical (unpaired) electrons. The number of rotatable bonds is 0. The van der Waals surface area contributed by atoms with Crippen LogP contribution in [0, 0.1) is 0 Å². The highest BCUT2D eigenvalue weighted by Crippen LogP contribution is 2.04. The molecule has 0 unspecified atom stereocenters. The number of hydrogen-bond acceptors (Lipinski definition) is 2. The Morgan fingerprint density at radius 3 is 3.12 bits per heavy atom. The van der Waals surface area contributed by atoms with E-state index < -0.39 is 0 Å². The van der Waals surface area contributed by atoms with E-state index in [1.54, 1.807) is 0 Å². The summed E-state index contributed by atoms with van der Waals surface area (Å²) in [6.07, 6.45) is 8.10. The van der Waals surface area contributed by atoms with E-state index in [9.17, 15) is 0 Å². The fourth-order valence-corrected chi connectivity index (χ4v) is 0.904. The lowest BCUT2D eigenvalue weighted by molar-refractivity contribution is 0.429. The van der Waals surface area contributed by atoms with Gasteiger partial charge in [0.1, 0.15) is 0 Å². The third-order valence-electron chi connectivity index (χ3n) is 0.795. The summed E-state index contributed by atoms with van der Waals surface area (Å²) in [7, 11) is 0. The van der Waals surface area contributed by atoms with E-state index in [2.05, 4.69) is 6.08 Å². The molecule has 1 aliphatic heterocycles. The van der Waals surface area contributed by atoms with Crippen molar-refractivity contribution in [2.75, 3.05) is 12.4 Å². The Hall–Kier alpha value is -0.210. The second kappa shape index (κ2) is 3.75. The molecule has 0 aromatic carbocycles. The maximum atomic E-state index is 5.05. The van der Waals surface area contributed by atoms with Gasteiger partial charge in [0.25, 0.3) is 0 Å². The smallest absolute Gasteiger partial charge is 0.0798 e. The molecule has 2 heteroatoms. The van der Waals surface area contributed by atoms with Crippen molar-refractivity contribution >= 4 is 12.0 Å². The van der Waals surface area contributed by atoms with Crippen LogP contribution in [0.15, 0.2) is 24.3 Å². The molecular weight excluding hydrogens is 120 g/mol. The van der Waals surface area contributed by atoms with Crippen molar-refractivity contribution < 1.29 is 4.18 Å². The van der Waals surface area contributed by atoms with Crippen LogP contribution >= 0.6 is 12.0 Å². The average molecular weight is 128 g/mol. The Kier molecular flexibility index (Phi) is 2.78. The van der Waals surface area contributed by atoms with Crippen molar-refractivity contribution in [2.45, 2.75) is 0 Å². The van der Waals surface area contributed by atoms with E-state index in [-0.39, 0.29) is 0 Å². The van der Waals surface area contributed by atoms with Crippen LogP contribution in [0.3, 0.4) is 0 Å². The lowest BCUT2D eigenvalue weighted by atomic mass is 10.4. The molecule has 1 heterocycles. The van der Waals surface area contributed by atoms with Gasteiger partial charge in [-0.25, -0.2) is 0 Å². The average Bonchev–Trinajstić information content (AvgIpc) is 1.62. The Morgan fingerprint density at radius 1 is 1.25 bits per heavy atom. The summed E-state index contributed by atoms with van der Waals surface area (Å²) in [5, 5.41) is 0. The molecule has 0 amide bonds. The van der Waals surface area contributed by atoms with Crippen LogP contribution < -0.4 is 0 Å². The van der Waals surface area contributed by atoms with Crippen LogP contribution in [0.1, 0.15) is 0 Å². The SMILES string of the molecule is C1=CCOSCC=C1. The molecule has 0 aliphatic carbocycles. The molecule has 0 fully saturated rings. The topological polar surface area (TPSA) is 9.23 Å². The molecule has 0 N–H and O–H groups in total. The monoisotopic (exact) mass is 128 g/mol. The summed E-state index contributed by atoms with van der Waals surface area (Å²) >= 11 is 1.49. The predicted molar refractivity (Wildman–Crippen MR) is 36.7 cm³/mol. The normalized spacial score (nSPS) is 20.0. The molecule has 0 spiro atoms. The summed E-state index contributed by atoms with van der Waals surface area (Å²) in [5.74, 6) is 0.963. The summed E-state index contributed by atoms with van der Waals surface area (Å²) in [4.78, 5) is 0. The minimum absolute atomic E-state index is 0.731. The first kappa shape index (κ1) is 5.92. The van der Waals surface area contributed by atoms with Gasteiger partial charge in [-0.3, -0.25) is 0 Å². The van der Waals surface area contributed by atoms with Gasteiger partial charge >= 0.3 is 0 Å². The van der Waals surface area contributed by atoms with Crippen LogP contribution in [-0.4, -0.2) is 12.4 Å². The highest BCUT2D eigenvalue weighted by Gasteiger charge is 1.83. The van der Waals surface area contributed by atoms with Crippen molar-refractivity contribution in [3.05, 3.63) is 24.3 Å². The van der Waals surface area contributed by atoms with Crippen LogP contribution in [0.2, 0.25) is 0 Å². The predicted octanol–water partition coefficient (Wildman–Crippen LogP) is 1.78. The third-order valence-corrected chi connectivity index (χ3v) is 1.43. The molecule has 0 atom stereocenters. The molecule has 0 saturated heterocycles. The van der Waals surface area contributed by atoms with Gasteiger partial charge in [0.15, 0.2) is 0 Å². The first-order valence-electron chi connectivity index (χ1n) is 2.56. The fourth-order valence-electron chi connectivity index (χ4n) is 0.443. The van der Waals surface area contributed by atoms with E-state index in [1.807, 2.05) is 18.2 Å². The second-order valence-corrected chi connectivity index (χ2v) is 2.23. The minimum atomic E-state index is 0.731. The number of allylic oxidation sites excluding steroid dienone is 2. The Balaban J connectivity index is 2.33. The molecule has 0 saturated carbocycles. The van der Waals surface area contributed by atoms with Crippen molar-refractivity contribution in [1.82, 2.24) is 0 Å². The van der Waals surface area contributed by atoms with E-state index in [0.29, 0.717) is 0 Å². The summed E-state index contributed by atoms with van der Waals surface area (Å²) in [5.41, 5.74) is 0. The molecule has 1 nitrogen and oxygen atoms in total. The van der Waals surface area contributed by atoms with Gasteiger partial charge in [0.05, 0.1) is 6.61 Å². The standard InChI is InChI=1S/C6H8OS/c1-2-4-6-8-7-5-3-1/h1-4H,5-6H2. The zero-order valence-corrected chi connectivity index (χ0v) is 5.36. The fraction of sp³-hybridized carbons (Fsp3) is 0.333. The van der Waals surface area contributed by atoms with E-state index in [0.717, 1.165) is 12.4 Å². The van der Waals surface area contributed by atoms with Gasteiger partial charge in [-0.1, -0.05) is 24.3 Å². The lowest BCUT2D eigenvalue weighted by Crippen LogP contribution is -1.83. The minimum Gasteiger partial charge on any atom is -0.311 e. The molecule has 1 rings (SSSR count). The highest BCUT2D eigenvalue weighted by atomic mass is 32.2. The highest BCUT2D eigenvalue weighted by molar-refractivity contribution is 7.94. The van der Waals surface area contributed by atoms with Crippen LogP contribution in [0.25, 0.3) is 0 Å². The molecule has 44 valence electrons. The number of hydrogen-bond donors (Lipinski definition) is 0. The molecule has 0 aromatic rings. The van der Waals surface area contributed by atoms with Gasteiger partial charge in [-0.05, 0) is 12.0 Å². The van der Waals surface area contributed by atoms with Crippen molar-refractivity contribution in [3.63, 3.8) is 0 Å². The zero-order valence-electron chi connectivity index (χ0n) is 4.54. The van der Waals surface area contributed by atoms with Gasteiger partial charge in [0, 0.05) is 5.75 Å². The molecule has 1 aliphatic rings. The van der Waals surface area contributed by atoms with E-state index >= 15 is 0 Å². The van der Waals surface area contributed by atoms with Gasteiger partial charge < -0.3 is 4.18 Å². The van der Waals surface area contributed by atoms with Crippen molar-refractivity contribution in [2.24, 2.45) is 0 Å². The maximum absolute atomic E-state index is 5.05. The largest absolute Gasteiger partial charge is 0.311 e. The van der Waals surface area contributed by atoms with Gasteiger partial charge in [-0.2, -0.15) is 0 Å². The van der Waals surface area contributed by atoms with Crippen LogP contribution in [-0.2, 0) is 4.18 Å². The zero-order chi connectivity index (χ0) is 5.66. The lowest BCUT2D eigenvalue weighted by Gasteiger charge is -1.96. The summed E-state index contributed by atoms with van der Waals surface area (Å²) < 4.78 is 5.05. The van der Waals surface area contributed by atoms with Gasteiger partial charge in [0.2, 0.25) is 0 Å². The maximum Gasteiger partial charge on any atom is 0.0798 e. The molecule has 0 bridgehead atoms. The summed E-state index contributed by atoms with van der Waals surface area (Å²) in [6.45, 7) is 0.731. The first-order chi connectivity index (χ1) is 4.00. The van der Waals surface area contributed by atoms with E-state index in [4.69, 9.17) is 4.18 Å². The van der Waals surface area contributed by atoms with Crippen LogP contribution in [0.4, 0.5) is 0 Å². The molecule has 0 aromatic heterocycles. The Bertz CT molecular complexity index is 93.1. The van der Waals surface area contributed by atoms with Crippen LogP contribution in [0.5, 0.6) is 0 Å². The second-order valence-electron chi connectivity index (χ2n) is 1.43. The van der Waals surface area contributed by atoms with E-state index in [1.165, 1.54) is 12.0 Å². The summed E-state index contributed by atoms with van der Waals surface area (Å²) in [6, 6.07) is 0. The molecular formula is C6H8OS. The first-order valence-corrected chi connectivity index (χ1v) is 3.47. The quantitative estimate of drug-likeness (QED) is 0.460. The Morgan fingerprint density at radius 2 is 2.12 bits per heavy atom. The van der Waals surface area contributed by atoms with Gasteiger partial charge in [-0.15, -0.1) is 0 Å². The van der Waals surface area contributed by atoms with Crippen molar-refractivity contribution in [3.8, 4) is 0 Å². The molecule has 8 heavy (non-hydrogen) atoms. The Labute approximate surface area is 53.6 Å². The third kappa shape index (κ3) is 2.19.